The Kier molecular flexibility index (Phi) is 6.25. The Morgan fingerprint density at radius 3 is 2.76 bits per heavy atom. The molecule has 134 valence electrons. The van der Waals surface area contributed by atoms with Gasteiger partial charge in [0.25, 0.3) is 5.91 Å². The van der Waals surface area contributed by atoms with Gasteiger partial charge < -0.3 is 14.8 Å². The SMILES string of the molecule is CC(Oc1ccc2ccccc2c1)C(=O)NCCCN1CCOCC1. The van der Waals surface area contributed by atoms with Crippen LogP contribution in [0.2, 0.25) is 0 Å². The highest BCUT2D eigenvalue weighted by atomic mass is 16.5. The average Bonchev–Trinajstić information content (AvgIpc) is 2.65. The molecule has 1 aliphatic rings. The second-order valence-electron chi connectivity index (χ2n) is 6.37. The Labute approximate surface area is 148 Å². The summed E-state index contributed by atoms with van der Waals surface area (Å²) in [6.07, 6.45) is 0.429. The van der Waals surface area contributed by atoms with Crippen molar-refractivity contribution in [2.45, 2.75) is 19.4 Å². The summed E-state index contributed by atoms with van der Waals surface area (Å²) < 4.78 is 11.1. The van der Waals surface area contributed by atoms with E-state index >= 15 is 0 Å². The summed E-state index contributed by atoms with van der Waals surface area (Å²) in [4.78, 5) is 14.6. The molecular weight excluding hydrogens is 316 g/mol. The molecule has 1 heterocycles. The lowest BCUT2D eigenvalue weighted by Gasteiger charge is -2.26. The smallest absolute Gasteiger partial charge is 0.260 e. The normalized spacial score (nSPS) is 16.5. The largest absolute Gasteiger partial charge is 0.481 e. The summed E-state index contributed by atoms with van der Waals surface area (Å²) in [5.74, 6) is 0.643. The lowest BCUT2D eigenvalue weighted by molar-refractivity contribution is -0.127. The molecular formula is C20H26N2O3. The Morgan fingerprint density at radius 2 is 1.96 bits per heavy atom. The van der Waals surface area contributed by atoms with Crippen LogP contribution in [-0.2, 0) is 9.53 Å². The molecule has 0 saturated carbocycles. The van der Waals surface area contributed by atoms with Crippen molar-refractivity contribution >= 4 is 16.7 Å². The number of carbonyl (C=O) groups excluding carboxylic acids is 1. The van der Waals surface area contributed by atoms with Crippen LogP contribution in [0.4, 0.5) is 0 Å². The molecule has 5 heteroatoms. The van der Waals surface area contributed by atoms with E-state index in [-0.39, 0.29) is 5.91 Å². The number of hydrogen-bond acceptors (Lipinski definition) is 4. The minimum absolute atomic E-state index is 0.0739. The minimum atomic E-state index is -0.510. The van der Waals surface area contributed by atoms with Gasteiger partial charge in [-0.15, -0.1) is 0 Å². The van der Waals surface area contributed by atoms with E-state index in [0.717, 1.165) is 55.8 Å². The van der Waals surface area contributed by atoms with Crippen LogP contribution in [0.15, 0.2) is 42.5 Å². The highest BCUT2D eigenvalue weighted by Crippen LogP contribution is 2.21. The first-order valence-electron chi connectivity index (χ1n) is 8.95. The third-order valence-electron chi connectivity index (χ3n) is 4.46. The Hall–Kier alpha value is -2.11. The van der Waals surface area contributed by atoms with E-state index < -0.39 is 6.10 Å². The van der Waals surface area contributed by atoms with Gasteiger partial charge in [-0.1, -0.05) is 30.3 Å². The first kappa shape index (κ1) is 17.7. The summed E-state index contributed by atoms with van der Waals surface area (Å²) in [6, 6.07) is 14.0. The van der Waals surface area contributed by atoms with Gasteiger partial charge in [-0.3, -0.25) is 9.69 Å². The fourth-order valence-electron chi connectivity index (χ4n) is 2.98. The molecule has 1 aliphatic heterocycles. The van der Waals surface area contributed by atoms with Gasteiger partial charge in [-0.2, -0.15) is 0 Å². The van der Waals surface area contributed by atoms with E-state index in [1.165, 1.54) is 0 Å². The highest BCUT2D eigenvalue weighted by molar-refractivity contribution is 5.84. The molecule has 1 N–H and O–H groups in total. The van der Waals surface area contributed by atoms with Gasteiger partial charge in [0, 0.05) is 19.6 Å². The van der Waals surface area contributed by atoms with E-state index in [1.54, 1.807) is 6.92 Å². The fourth-order valence-corrected chi connectivity index (χ4v) is 2.98. The average molecular weight is 342 g/mol. The summed E-state index contributed by atoms with van der Waals surface area (Å²) >= 11 is 0. The lowest BCUT2D eigenvalue weighted by atomic mass is 10.1. The molecule has 2 aromatic carbocycles. The van der Waals surface area contributed by atoms with E-state index in [1.807, 2.05) is 36.4 Å². The van der Waals surface area contributed by atoms with Crippen molar-refractivity contribution in [2.75, 3.05) is 39.4 Å². The third kappa shape index (κ3) is 5.18. The number of amides is 1. The molecule has 1 unspecified atom stereocenters. The van der Waals surface area contributed by atoms with Crippen molar-refractivity contribution in [3.8, 4) is 5.75 Å². The molecule has 2 aromatic rings. The predicted octanol–water partition coefficient (Wildman–Crippen LogP) is 2.45. The lowest BCUT2D eigenvalue weighted by Crippen LogP contribution is -2.40. The topological polar surface area (TPSA) is 50.8 Å². The van der Waals surface area contributed by atoms with Crippen LogP contribution in [-0.4, -0.2) is 56.3 Å². The predicted molar refractivity (Wildman–Crippen MR) is 98.9 cm³/mol. The Morgan fingerprint density at radius 1 is 1.20 bits per heavy atom. The van der Waals surface area contributed by atoms with Crippen molar-refractivity contribution in [1.82, 2.24) is 10.2 Å². The first-order chi connectivity index (χ1) is 12.2. The number of carbonyl (C=O) groups is 1. The molecule has 3 rings (SSSR count). The molecule has 1 amide bonds. The standard InChI is InChI=1S/C20H26N2O3/c1-16(20(23)21-9-4-10-22-11-13-24-14-12-22)25-19-8-7-17-5-2-3-6-18(17)15-19/h2-3,5-8,15-16H,4,9-14H2,1H3,(H,21,23). The number of ether oxygens (including phenoxy) is 2. The maximum Gasteiger partial charge on any atom is 0.260 e. The van der Waals surface area contributed by atoms with Crippen LogP contribution in [0, 0.1) is 0 Å². The summed E-state index contributed by atoms with van der Waals surface area (Å²) in [6.45, 7) is 7.02. The van der Waals surface area contributed by atoms with E-state index in [4.69, 9.17) is 9.47 Å². The monoisotopic (exact) mass is 342 g/mol. The van der Waals surface area contributed by atoms with Crippen LogP contribution in [0.25, 0.3) is 10.8 Å². The van der Waals surface area contributed by atoms with Gasteiger partial charge in [0.05, 0.1) is 13.2 Å². The molecule has 0 bridgehead atoms. The zero-order chi connectivity index (χ0) is 17.5. The second-order valence-corrected chi connectivity index (χ2v) is 6.37. The second kappa shape index (κ2) is 8.83. The van der Waals surface area contributed by atoms with Crippen molar-refractivity contribution in [2.24, 2.45) is 0 Å². The first-order valence-corrected chi connectivity index (χ1v) is 8.95. The minimum Gasteiger partial charge on any atom is -0.481 e. The van der Waals surface area contributed by atoms with Gasteiger partial charge >= 0.3 is 0 Å². The van der Waals surface area contributed by atoms with Crippen LogP contribution in [0.1, 0.15) is 13.3 Å². The summed E-state index contributed by atoms with van der Waals surface area (Å²) in [5, 5.41) is 5.23. The number of rotatable bonds is 7. The van der Waals surface area contributed by atoms with E-state index in [2.05, 4.69) is 16.3 Å². The van der Waals surface area contributed by atoms with Crippen LogP contribution in [0.3, 0.4) is 0 Å². The number of fused-ring (bicyclic) bond motifs is 1. The molecule has 0 spiro atoms. The number of nitrogens with one attached hydrogen (secondary N) is 1. The Bertz CT molecular complexity index is 698. The number of morpholine rings is 1. The zero-order valence-electron chi connectivity index (χ0n) is 14.7. The Balaban J connectivity index is 1.42. The maximum atomic E-state index is 12.2. The third-order valence-corrected chi connectivity index (χ3v) is 4.46. The number of nitrogens with zero attached hydrogens (tertiary/aromatic N) is 1. The summed E-state index contributed by atoms with van der Waals surface area (Å²) in [7, 11) is 0. The molecule has 0 aliphatic carbocycles. The van der Waals surface area contributed by atoms with E-state index in [0.29, 0.717) is 6.54 Å². The molecule has 5 nitrogen and oxygen atoms in total. The molecule has 0 radical (unpaired) electrons. The molecule has 1 atom stereocenters. The molecule has 0 aromatic heterocycles. The van der Waals surface area contributed by atoms with Gasteiger partial charge in [-0.05, 0) is 42.8 Å². The van der Waals surface area contributed by atoms with Gasteiger partial charge in [0.15, 0.2) is 6.10 Å². The number of benzene rings is 2. The quantitative estimate of drug-likeness (QED) is 0.785. The molecule has 1 fully saturated rings. The number of hydrogen-bond donors (Lipinski definition) is 1. The van der Waals surface area contributed by atoms with Crippen molar-refractivity contribution in [3.63, 3.8) is 0 Å². The fraction of sp³-hybridized carbons (Fsp3) is 0.450. The van der Waals surface area contributed by atoms with Gasteiger partial charge in [0.2, 0.25) is 0 Å². The van der Waals surface area contributed by atoms with Crippen LogP contribution in [0.5, 0.6) is 5.75 Å². The molecule has 25 heavy (non-hydrogen) atoms. The zero-order valence-corrected chi connectivity index (χ0v) is 14.7. The van der Waals surface area contributed by atoms with Crippen molar-refractivity contribution < 1.29 is 14.3 Å². The van der Waals surface area contributed by atoms with Crippen molar-refractivity contribution in [3.05, 3.63) is 42.5 Å². The van der Waals surface area contributed by atoms with E-state index in [9.17, 15) is 4.79 Å². The van der Waals surface area contributed by atoms with Crippen molar-refractivity contribution in [1.29, 1.82) is 0 Å². The molecule has 1 saturated heterocycles. The van der Waals surface area contributed by atoms with Crippen LogP contribution >= 0.6 is 0 Å². The van der Waals surface area contributed by atoms with Crippen LogP contribution < -0.4 is 10.1 Å². The highest BCUT2D eigenvalue weighted by Gasteiger charge is 2.15. The summed E-state index contributed by atoms with van der Waals surface area (Å²) in [5.41, 5.74) is 0. The van der Waals surface area contributed by atoms with Gasteiger partial charge in [0.1, 0.15) is 5.75 Å². The maximum absolute atomic E-state index is 12.2. The van der Waals surface area contributed by atoms with Gasteiger partial charge in [-0.25, -0.2) is 0 Å².